The van der Waals surface area contributed by atoms with Gasteiger partial charge in [-0.05, 0) is 50.2 Å². The molecule has 0 aliphatic rings. The molecule has 0 amide bonds. The summed E-state index contributed by atoms with van der Waals surface area (Å²) in [6.07, 6.45) is 0.779. The van der Waals surface area contributed by atoms with Crippen molar-refractivity contribution in [3.8, 4) is 17.0 Å². The van der Waals surface area contributed by atoms with E-state index in [9.17, 15) is 4.79 Å². The Bertz CT molecular complexity index is 955. The summed E-state index contributed by atoms with van der Waals surface area (Å²) >= 11 is 12.2. The quantitative estimate of drug-likeness (QED) is 0.471. The first-order valence-electron chi connectivity index (χ1n) is 8.94. The van der Waals surface area contributed by atoms with E-state index in [2.05, 4.69) is 5.10 Å². The van der Waals surface area contributed by atoms with Gasteiger partial charge in [0.25, 0.3) is 0 Å². The molecule has 28 heavy (non-hydrogen) atoms. The van der Waals surface area contributed by atoms with Crippen LogP contribution in [0.2, 0.25) is 10.0 Å². The molecule has 0 aliphatic heterocycles. The predicted octanol–water partition coefficient (Wildman–Crippen LogP) is 5.56. The molecule has 0 N–H and O–H groups in total. The molecule has 0 saturated carbocycles. The highest BCUT2D eigenvalue weighted by Crippen LogP contribution is 2.36. The first kappa shape index (κ1) is 20.2. The molecule has 1 atom stereocenters. The molecule has 5 nitrogen and oxygen atoms in total. The Kier molecular flexibility index (Phi) is 6.60. The lowest BCUT2D eigenvalue weighted by atomic mass is 10.1. The minimum absolute atomic E-state index is 0.252. The van der Waals surface area contributed by atoms with Crippen molar-refractivity contribution in [3.63, 3.8) is 0 Å². The van der Waals surface area contributed by atoms with Crippen LogP contribution in [0, 0.1) is 0 Å². The highest BCUT2D eigenvalue weighted by atomic mass is 35.5. The Morgan fingerprint density at radius 1 is 1.07 bits per heavy atom. The highest BCUT2D eigenvalue weighted by molar-refractivity contribution is 6.31. The molecule has 0 radical (unpaired) electrons. The van der Waals surface area contributed by atoms with Gasteiger partial charge in [0.1, 0.15) is 5.75 Å². The van der Waals surface area contributed by atoms with Crippen molar-refractivity contribution >= 4 is 29.2 Å². The largest absolute Gasteiger partial charge is 0.473 e. The molecule has 1 aromatic heterocycles. The van der Waals surface area contributed by atoms with Crippen molar-refractivity contribution in [1.82, 2.24) is 9.78 Å². The number of hydrogen-bond acceptors (Lipinski definition) is 4. The third-order valence-corrected chi connectivity index (χ3v) is 4.64. The van der Waals surface area contributed by atoms with Gasteiger partial charge in [-0.1, -0.05) is 35.3 Å². The zero-order valence-corrected chi connectivity index (χ0v) is 17.1. The van der Waals surface area contributed by atoms with Crippen LogP contribution in [-0.4, -0.2) is 22.4 Å². The molecule has 1 unspecified atom stereocenters. The topological polar surface area (TPSA) is 53.4 Å². The second-order valence-electron chi connectivity index (χ2n) is 5.97. The number of hydrogen-bond donors (Lipinski definition) is 0. The zero-order chi connectivity index (χ0) is 20.1. The molecular weight excluding hydrogens is 399 g/mol. The average Bonchev–Trinajstić information content (AvgIpc) is 3.16. The van der Waals surface area contributed by atoms with Crippen LogP contribution in [0.4, 0.5) is 0 Å². The monoisotopic (exact) mass is 418 g/mol. The lowest BCUT2D eigenvalue weighted by molar-refractivity contribution is -0.151. The number of nitrogens with zero attached hydrogens (tertiary/aromatic N) is 2. The standard InChI is InChI=1S/C21H20Cl2N2O3/c1-3-25-18(11-12-24-25)17-13-16(23)9-10-19(17)28-20(21(26)27-4-2)14-5-7-15(22)8-6-14/h5-13,20H,3-4H2,1-2H3. The molecule has 0 saturated heterocycles. The van der Waals surface area contributed by atoms with E-state index >= 15 is 0 Å². The minimum Gasteiger partial charge on any atom is -0.473 e. The molecular formula is C21H20Cl2N2O3. The second-order valence-corrected chi connectivity index (χ2v) is 6.85. The number of rotatable bonds is 7. The number of aromatic nitrogens is 2. The van der Waals surface area contributed by atoms with E-state index in [0.29, 0.717) is 27.9 Å². The van der Waals surface area contributed by atoms with Crippen LogP contribution in [-0.2, 0) is 16.1 Å². The van der Waals surface area contributed by atoms with E-state index in [4.69, 9.17) is 32.7 Å². The van der Waals surface area contributed by atoms with Crippen molar-refractivity contribution in [3.05, 3.63) is 70.3 Å². The maximum Gasteiger partial charge on any atom is 0.352 e. The Morgan fingerprint density at radius 3 is 2.46 bits per heavy atom. The minimum atomic E-state index is -0.935. The smallest absolute Gasteiger partial charge is 0.352 e. The van der Waals surface area contributed by atoms with Gasteiger partial charge in [0.15, 0.2) is 0 Å². The van der Waals surface area contributed by atoms with Crippen molar-refractivity contribution < 1.29 is 14.3 Å². The number of carbonyl (C=O) groups is 1. The van der Waals surface area contributed by atoms with Crippen molar-refractivity contribution in [1.29, 1.82) is 0 Å². The van der Waals surface area contributed by atoms with Gasteiger partial charge in [-0.25, -0.2) is 4.79 Å². The van der Waals surface area contributed by atoms with E-state index in [1.807, 2.05) is 17.7 Å². The maximum absolute atomic E-state index is 12.6. The molecule has 146 valence electrons. The number of halogens is 2. The zero-order valence-electron chi connectivity index (χ0n) is 15.6. The Labute approximate surface area is 173 Å². The number of esters is 1. The first-order chi connectivity index (χ1) is 13.5. The molecule has 3 aromatic rings. The highest BCUT2D eigenvalue weighted by Gasteiger charge is 2.26. The van der Waals surface area contributed by atoms with Gasteiger partial charge in [-0.2, -0.15) is 5.10 Å². The Balaban J connectivity index is 2.03. The summed E-state index contributed by atoms with van der Waals surface area (Å²) in [5, 5.41) is 5.44. The summed E-state index contributed by atoms with van der Waals surface area (Å²) in [4.78, 5) is 12.6. The number of ether oxygens (including phenoxy) is 2. The van der Waals surface area contributed by atoms with Crippen LogP contribution >= 0.6 is 23.2 Å². The molecule has 1 heterocycles. The summed E-state index contributed by atoms with van der Waals surface area (Å²) in [6, 6.07) is 14.0. The summed E-state index contributed by atoms with van der Waals surface area (Å²) in [5.41, 5.74) is 2.24. The van der Waals surface area contributed by atoms with E-state index in [-0.39, 0.29) is 6.61 Å². The third-order valence-electron chi connectivity index (χ3n) is 4.15. The van der Waals surface area contributed by atoms with E-state index in [0.717, 1.165) is 11.3 Å². The number of aryl methyl sites for hydroxylation is 1. The van der Waals surface area contributed by atoms with Crippen LogP contribution in [0.1, 0.15) is 25.5 Å². The van der Waals surface area contributed by atoms with Gasteiger partial charge in [0.05, 0.1) is 12.3 Å². The Hall–Kier alpha value is -2.50. The van der Waals surface area contributed by atoms with E-state index in [1.165, 1.54) is 0 Å². The summed E-state index contributed by atoms with van der Waals surface area (Å²) in [6.45, 7) is 4.69. The van der Waals surface area contributed by atoms with Gasteiger partial charge < -0.3 is 9.47 Å². The predicted molar refractivity (Wildman–Crippen MR) is 110 cm³/mol. The van der Waals surface area contributed by atoms with Crippen LogP contribution in [0.15, 0.2) is 54.7 Å². The average molecular weight is 419 g/mol. The van der Waals surface area contributed by atoms with Gasteiger partial charge in [0.2, 0.25) is 6.10 Å². The van der Waals surface area contributed by atoms with Crippen molar-refractivity contribution in [2.45, 2.75) is 26.5 Å². The number of carbonyl (C=O) groups excluding carboxylic acids is 1. The molecule has 0 spiro atoms. The van der Waals surface area contributed by atoms with Gasteiger partial charge in [0, 0.05) is 33.9 Å². The lowest BCUT2D eigenvalue weighted by Crippen LogP contribution is -2.21. The van der Waals surface area contributed by atoms with E-state index in [1.54, 1.807) is 55.6 Å². The van der Waals surface area contributed by atoms with Gasteiger partial charge in [-0.3, -0.25) is 4.68 Å². The molecule has 2 aromatic carbocycles. The van der Waals surface area contributed by atoms with Crippen LogP contribution < -0.4 is 4.74 Å². The second kappa shape index (κ2) is 9.13. The lowest BCUT2D eigenvalue weighted by Gasteiger charge is -2.20. The fourth-order valence-electron chi connectivity index (χ4n) is 2.85. The Morgan fingerprint density at radius 2 is 1.79 bits per heavy atom. The molecule has 0 bridgehead atoms. The molecule has 0 aliphatic carbocycles. The molecule has 3 rings (SSSR count). The van der Waals surface area contributed by atoms with Gasteiger partial charge >= 0.3 is 5.97 Å². The third kappa shape index (κ3) is 4.49. The van der Waals surface area contributed by atoms with Crippen LogP contribution in [0.25, 0.3) is 11.3 Å². The number of benzene rings is 2. The summed E-state index contributed by atoms with van der Waals surface area (Å²) < 4.78 is 13.2. The maximum atomic E-state index is 12.6. The van der Waals surface area contributed by atoms with Gasteiger partial charge in [-0.15, -0.1) is 0 Å². The fourth-order valence-corrected chi connectivity index (χ4v) is 3.15. The van der Waals surface area contributed by atoms with E-state index < -0.39 is 12.1 Å². The van der Waals surface area contributed by atoms with Crippen molar-refractivity contribution in [2.24, 2.45) is 0 Å². The SMILES string of the molecule is CCOC(=O)C(Oc1ccc(Cl)cc1-c1ccnn1CC)c1ccc(Cl)cc1. The normalized spacial score (nSPS) is 11.9. The van der Waals surface area contributed by atoms with Crippen molar-refractivity contribution in [2.75, 3.05) is 6.61 Å². The first-order valence-corrected chi connectivity index (χ1v) is 9.69. The molecule has 0 fully saturated rings. The summed E-state index contributed by atoms with van der Waals surface area (Å²) in [5.74, 6) is 0.0299. The summed E-state index contributed by atoms with van der Waals surface area (Å²) in [7, 11) is 0. The van der Waals surface area contributed by atoms with Crippen LogP contribution in [0.3, 0.4) is 0 Å². The van der Waals surface area contributed by atoms with Crippen LogP contribution in [0.5, 0.6) is 5.75 Å². The fraction of sp³-hybridized carbons (Fsp3) is 0.238. The molecule has 7 heteroatoms.